The summed E-state index contributed by atoms with van der Waals surface area (Å²) >= 11 is 0. The van der Waals surface area contributed by atoms with E-state index in [0.717, 1.165) is 44.3 Å². The third kappa shape index (κ3) is 4.78. The second-order valence-corrected chi connectivity index (χ2v) is 6.68. The standard InChI is InChI=1S/C20H23FN2O2/c21-18-10-8-16(9-11-18)6-7-17-4-3-13-22(14-17)20(25)15-23-12-2-1-5-19(23)24/h1-2,5,8-12,17H,3-4,6-7,13-15H2/t17-/m0/s1. The smallest absolute Gasteiger partial charge is 0.250 e. The summed E-state index contributed by atoms with van der Waals surface area (Å²) in [5.74, 6) is 0.240. The highest BCUT2D eigenvalue weighted by atomic mass is 19.1. The van der Waals surface area contributed by atoms with Crippen LogP contribution in [-0.2, 0) is 17.8 Å². The molecule has 1 aliphatic rings. The number of amides is 1. The molecule has 0 spiro atoms. The molecule has 25 heavy (non-hydrogen) atoms. The number of likely N-dealkylation sites (tertiary alicyclic amines) is 1. The molecule has 0 radical (unpaired) electrons. The average molecular weight is 342 g/mol. The van der Waals surface area contributed by atoms with E-state index < -0.39 is 0 Å². The zero-order chi connectivity index (χ0) is 17.6. The van der Waals surface area contributed by atoms with Crippen LogP contribution in [0.15, 0.2) is 53.5 Å². The van der Waals surface area contributed by atoms with Gasteiger partial charge in [0.05, 0.1) is 0 Å². The van der Waals surface area contributed by atoms with Crippen LogP contribution in [0.25, 0.3) is 0 Å². The van der Waals surface area contributed by atoms with E-state index in [9.17, 15) is 14.0 Å². The first-order valence-electron chi connectivity index (χ1n) is 8.79. The van der Waals surface area contributed by atoms with Crippen molar-refractivity contribution >= 4 is 5.91 Å². The summed E-state index contributed by atoms with van der Waals surface area (Å²) in [7, 11) is 0. The van der Waals surface area contributed by atoms with Crippen molar-refractivity contribution in [3.8, 4) is 0 Å². The average Bonchev–Trinajstić information content (AvgIpc) is 2.63. The third-order valence-electron chi connectivity index (χ3n) is 4.83. The van der Waals surface area contributed by atoms with Crippen LogP contribution in [0.2, 0.25) is 0 Å². The molecule has 1 fully saturated rings. The number of hydrogen-bond donors (Lipinski definition) is 0. The maximum atomic E-state index is 13.0. The molecule has 132 valence electrons. The minimum absolute atomic E-state index is 0.000202. The van der Waals surface area contributed by atoms with E-state index in [1.165, 1.54) is 22.8 Å². The van der Waals surface area contributed by atoms with Crippen LogP contribution in [-0.4, -0.2) is 28.5 Å². The Hall–Kier alpha value is -2.43. The molecule has 0 bridgehead atoms. The highest BCUT2D eigenvalue weighted by molar-refractivity contribution is 5.76. The number of halogens is 1. The van der Waals surface area contributed by atoms with Crippen LogP contribution in [0.3, 0.4) is 0 Å². The maximum Gasteiger partial charge on any atom is 0.250 e. The van der Waals surface area contributed by atoms with Crippen molar-refractivity contribution in [3.05, 3.63) is 70.4 Å². The van der Waals surface area contributed by atoms with E-state index in [0.29, 0.717) is 5.92 Å². The van der Waals surface area contributed by atoms with Crippen molar-refractivity contribution in [1.29, 1.82) is 0 Å². The number of benzene rings is 1. The lowest BCUT2D eigenvalue weighted by atomic mass is 9.91. The Balaban J connectivity index is 1.53. The van der Waals surface area contributed by atoms with Crippen molar-refractivity contribution in [3.63, 3.8) is 0 Å². The first-order chi connectivity index (χ1) is 12.1. The predicted octanol–water partition coefficient (Wildman–Crippen LogP) is 2.86. The van der Waals surface area contributed by atoms with Gasteiger partial charge in [0.25, 0.3) is 5.56 Å². The quantitative estimate of drug-likeness (QED) is 0.838. The summed E-state index contributed by atoms with van der Waals surface area (Å²) in [6.07, 6.45) is 5.63. The van der Waals surface area contributed by atoms with Crippen molar-refractivity contribution in [2.45, 2.75) is 32.2 Å². The van der Waals surface area contributed by atoms with Crippen molar-refractivity contribution < 1.29 is 9.18 Å². The lowest BCUT2D eigenvalue weighted by molar-refractivity contribution is -0.133. The molecule has 0 N–H and O–H groups in total. The Morgan fingerprint density at radius 2 is 1.96 bits per heavy atom. The van der Waals surface area contributed by atoms with Crippen LogP contribution >= 0.6 is 0 Å². The minimum atomic E-state index is -0.214. The number of pyridine rings is 1. The molecule has 3 rings (SSSR count). The molecule has 5 heteroatoms. The molecule has 1 aliphatic heterocycles. The monoisotopic (exact) mass is 342 g/mol. The first-order valence-corrected chi connectivity index (χ1v) is 8.79. The predicted molar refractivity (Wildman–Crippen MR) is 94.7 cm³/mol. The Morgan fingerprint density at radius 1 is 1.16 bits per heavy atom. The molecule has 0 saturated carbocycles. The van der Waals surface area contributed by atoms with Crippen molar-refractivity contribution in [2.75, 3.05) is 13.1 Å². The lowest BCUT2D eigenvalue weighted by Crippen LogP contribution is -2.42. The molecule has 2 aromatic rings. The summed E-state index contributed by atoms with van der Waals surface area (Å²) in [6.45, 7) is 1.60. The van der Waals surface area contributed by atoms with Crippen LogP contribution < -0.4 is 5.56 Å². The van der Waals surface area contributed by atoms with Gasteiger partial charge >= 0.3 is 0 Å². The normalized spacial score (nSPS) is 17.5. The summed E-state index contributed by atoms with van der Waals surface area (Å²) in [5.41, 5.74) is 0.974. The number of aromatic nitrogens is 1. The summed E-state index contributed by atoms with van der Waals surface area (Å²) in [4.78, 5) is 26.1. The van der Waals surface area contributed by atoms with E-state index in [4.69, 9.17) is 0 Å². The number of hydrogen-bond acceptors (Lipinski definition) is 2. The van der Waals surface area contributed by atoms with E-state index in [1.807, 2.05) is 17.0 Å². The number of carbonyl (C=O) groups is 1. The fraction of sp³-hybridized carbons (Fsp3) is 0.400. The molecule has 1 atom stereocenters. The van der Waals surface area contributed by atoms with Crippen LogP contribution in [0.1, 0.15) is 24.8 Å². The molecule has 1 aromatic heterocycles. The van der Waals surface area contributed by atoms with Crippen molar-refractivity contribution in [2.24, 2.45) is 5.92 Å². The Bertz CT molecular complexity index is 770. The van der Waals surface area contributed by atoms with Gasteiger partial charge in [-0.3, -0.25) is 9.59 Å². The minimum Gasteiger partial charge on any atom is -0.341 e. The van der Waals surface area contributed by atoms with Crippen LogP contribution in [0, 0.1) is 11.7 Å². The van der Waals surface area contributed by atoms with Gasteiger partial charge in [-0.1, -0.05) is 18.2 Å². The van der Waals surface area contributed by atoms with Gasteiger partial charge in [-0.25, -0.2) is 4.39 Å². The summed E-state index contributed by atoms with van der Waals surface area (Å²) in [6, 6.07) is 11.5. The van der Waals surface area contributed by atoms with Crippen molar-refractivity contribution in [1.82, 2.24) is 9.47 Å². The molecule has 0 unspecified atom stereocenters. The SMILES string of the molecule is O=C(Cn1ccccc1=O)N1CCC[C@@H](CCc2ccc(F)cc2)C1. The van der Waals surface area contributed by atoms with E-state index >= 15 is 0 Å². The summed E-state index contributed by atoms with van der Waals surface area (Å²) < 4.78 is 14.4. The largest absolute Gasteiger partial charge is 0.341 e. The van der Waals surface area contributed by atoms with Gasteiger partial charge in [0.2, 0.25) is 5.91 Å². The van der Waals surface area contributed by atoms with E-state index in [2.05, 4.69) is 0 Å². The van der Waals surface area contributed by atoms with Gasteiger partial charge in [0.15, 0.2) is 0 Å². The first kappa shape index (κ1) is 17.4. The fourth-order valence-electron chi connectivity index (χ4n) is 3.39. The van der Waals surface area contributed by atoms with Gasteiger partial charge in [-0.15, -0.1) is 0 Å². The number of nitrogens with zero attached hydrogens (tertiary/aromatic N) is 2. The number of rotatable bonds is 5. The van der Waals surface area contributed by atoms with E-state index in [-0.39, 0.29) is 23.8 Å². The third-order valence-corrected chi connectivity index (χ3v) is 4.83. The molecule has 1 amide bonds. The molecule has 2 heterocycles. The molecule has 4 nitrogen and oxygen atoms in total. The molecule has 1 saturated heterocycles. The maximum absolute atomic E-state index is 13.0. The molecule has 0 aliphatic carbocycles. The second kappa shape index (κ2) is 8.10. The van der Waals surface area contributed by atoms with Gasteiger partial charge in [0, 0.05) is 25.4 Å². The Labute approximate surface area is 146 Å². The summed E-state index contributed by atoms with van der Waals surface area (Å²) in [5, 5.41) is 0. The zero-order valence-electron chi connectivity index (χ0n) is 14.2. The zero-order valence-corrected chi connectivity index (χ0v) is 14.2. The van der Waals surface area contributed by atoms with Gasteiger partial charge in [0.1, 0.15) is 12.4 Å². The molecular formula is C20H23FN2O2. The number of carbonyl (C=O) groups excluding carboxylic acids is 1. The van der Waals surface area contributed by atoms with Crippen LogP contribution in [0.5, 0.6) is 0 Å². The van der Waals surface area contributed by atoms with Gasteiger partial charge in [-0.2, -0.15) is 0 Å². The van der Waals surface area contributed by atoms with Crippen LogP contribution in [0.4, 0.5) is 4.39 Å². The highest BCUT2D eigenvalue weighted by Crippen LogP contribution is 2.22. The second-order valence-electron chi connectivity index (χ2n) is 6.68. The lowest BCUT2D eigenvalue weighted by Gasteiger charge is -2.33. The van der Waals surface area contributed by atoms with Gasteiger partial charge < -0.3 is 9.47 Å². The topological polar surface area (TPSA) is 42.3 Å². The number of aryl methyl sites for hydroxylation is 1. The Morgan fingerprint density at radius 3 is 2.72 bits per heavy atom. The molecule has 1 aromatic carbocycles. The van der Waals surface area contributed by atoms with E-state index in [1.54, 1.807) is 18.3 Å². The molecular weight excluding hydrogens is 319 g/mol. The highest BCUT2D eigenvalue weighted by Gasteiger charge is 2.23. The number of piperidine rings is 1. The Kier molecular flexibility index (Phi) is 5.64. The fourth-order valence-corrected chi connectivity index (χ4v) is 3.39. The van der Waals surface area contributed by atoms with Gasteiger partial charge in [-0.05, 0) is 55.4 Å².